The molecule has 20 heavy (non-hydrogen) atoms. The van der Waals surface area contributed by atoms with Gasteiger partial charge in [0.1, 0.15) is 5.82 Å². The van der Waals surface area contributed by atoms with Crippen LogP contribution in [0, 0.1) is 17.7 Å². The normalized spacial score (nSPS) is 23.0. The van der Waals surface area contributed by atoms with Gasteiger partial charge in [0.25, 0.3) is 5.56 Å². The van der Waals surface area contributed by atoms with Crippen LogP contribution in [0.3, 0.4) is 0 Å². The number of halogens is 2. The highest BCUT2D eigenvalue weighted by atomic mass is 79.9. The summed E-state index contributed by atoms with van der Waals surface area (Å²) in [7, 11) is 0. The molecule has 0 aliphatic heterocycles. The molecule has 1 saturated carbocycles. The van der Waals surface area contributed by atoms with Crippen molar-refractivity contribution < 1.29 is 10.1 Å². The largest absolute Gasteiger partial charge is 0.355 e. The molecular formula is C15H17BrFN2O+. The molecule has 106 valence electrons. The van der Waals surface area contributed by atoms with Gasteiger partial charge in [0.05, 0.1) is 15.9 Å². The summed E-state index contributed by atoms with van der Waals surface area (Å²) in [4.78, 5) is 12.4. The van der Waals surface area contributed by atoms with Crippen molar-refractivity contribution >= 4 is 26.7 Å². The molecule has 1 aromatic carbocycles. The monoisotopic (exact) mass is 339 g/mol. The van der Waals surface area contributed by atoms with E-state index in [4.69, 9.17) is 0 Å². The molecule has 0 bridgehead atoms. The predicted octanol–water partition coefficient (Wildman–Crippen LogP) is 2.17. The SMILES string of the molecule is C[C@H]([NH3+])[C@@H]1C[C@H]1Cn1ccc2cc(Br)c(F)cc2c1=O. The van der Waals surface area contributed by atoms with Crippen molar-refractivity contribution in [3.63, 3.8) is 0 Å². The number of nitrogens with zero attached hydrogens (tertiary/aromatic N) is 1. The summed E-state index contributed by atoms with van der Waals surface area (Å²) in [6.07, 6.45) is 2.93. The van der Waals surface area contributed by atoms with E-state index in [0.717, 1.165) is 11.8 Å². The highest BCUT2D eigenvalue weighted by Crippen LogP contribution is 2.40. The third-order valence-corrected chi connectivity index (χ3v) is 4.76. The molecule has 0 radical (unpaired) electrons. The van der Waals surface area contributed by atoms with Crippen LogP contribution in [0.15, 0.2) is 33.7 Å². The van der Waals surface area contributed by atoms with Crippen LogP contribution in [-0.4, -0.2) is 10.6 Å². The quantitative estimate of drug-likeness (QED) is 0.915. The van der Waals surface area contributed by atoms with E-state index < -0.39 is 5.82 Å². The minimum absolute atomic E-state index is 0.115. The fourth-order valence-electron chi connectivity index (χ4n) is 2.85. The zero-order valence-corrected chi connectivity index (χ0v) is 12.9. The fraction of sp³-hybridized carbons (Fsp3) is 0.400. The topological polar surface area (TPSA) is 49.6 Å². The molecule has 0 unspecified atom stereocenters. The Labute approximate surface area is 124 Å². The van der Waals surface area contributed by atoms with Crippen molar-refractivity contribution in [2.24, 2.45) is 11.8 Å². The maximum atomic E-state index is 13.6. The number of hydrogen-bond donors (Lipinski definition) is 1. The first kappa shape index (κ1) is 13.8. The number of pyridine rings is 1. The number of aromatic nitrogens is 1. The number of benzene rings is 1. The molecule has 3 nitrogen and oxygen atoms in total. The van der Waals surface area contributed by atoms with Crippen molar-refractivity contribution in [3.05, 3.63) is 45.0 Å². The van der Waals surface area contributed by atoms with Crippen molar-refractivity contribution in [3.8, 4) is 0 Å². The van der Waals surface area contributed by atoms with Crippen LogP contribution in [0.5, 0.6) is 0 Å². The smallest absolute Gasteiger partial charge is 0.258 e. The maximum Gasteiger partial charge on any atom is 0.258 e. The Kier molecular flexibility index (Phi) is 3.42. The molecule has 0 spiro atoms. The molecule has 3 rings (SSSR count). The number of quaternary nitrogens is 1. The van der Waals surface area contributed by atoms with Gasteiger partial charge in [-0.05, 0) is 58.8 Å². The second-order valence-electron chi connectivity index (χ2n) is 5.76. The Morgan fingerprint density at radius 3 is 2.95 bits per heavy atom. The third-order valence-electron chi connectivity index (χ3n) is 4.16. The van der Waals surface area contributed by atoms with Gasteiger partial charge in [-0.25, -0.2) is 4.39 Å². The number of rotatable bonds is 3. The molecule has 1 fully saturated rings. The van der Waals surface area contributed by atoms with E-state index in [-0.39, 0.29) is 5.56 Å². The van der Waals surface area contributed by atoms with Gasteiger partial charge in [-0.15, -0.1) is 0 Å². The van der Waals surface area contributed by atoms with Crippen LogP contribution in [-0.2, 0) is 6.54 Å². The second-order valence-corrected chi connectivity index (χ2v) is 6.62. The van der Waals surface area contributed by atoms with E-state index in [1.54, 1.807) is 16.8 Å². The minimum Gasteiger partial charge on any atom is -0.355 e. The lowest BCUT2D eigenvalue weighted by Gasteiger charge is -2.08. The molecule has 2 aromatic rings. The lowest BCUT2D eigenvalue weighted by molar-refractivity contribution is -0.420. The van der Waals surface area contributed by atoms with Gasteiger partial charge in [-0.3, -0.25) is 4.79 Å². The molecule has 1 aromatic heterocycles. The van der Waals surface area contributed by atoms with Crippen molar-refractivity contribution in [2.45, 2.75) is 25.9 Å². The van der Waals surface area contributed by atoms with Crippen molar-refractivity contribution in [1.82, 2.24) is 4.57 Å². The van der Waals surface area contributed by atoms with E-state index in [9.17, 15) is 9.18 Å². The summed E-state index contributed by atoms with van der Waals surface area (Å²) < 4.78 is 15.7. The van der Waals surface area contributed by atoms with Gasteiger partial charge in [-0.2, -0.15) is 0 Å². The van der Waals surface area contributed by atoms with Crippen LogP contribution in [0.25, 0.3) is 10.8 Å². The lowest BCUT2D eigenvalue weighted by Crippen LogP contribution is -2.60. The Bertz CT molecular complexity index is 726. The first-order valence-electron chi connectivity index (χ1n) is 6.78. The van der Waals surface area contributed by atoms with E-state index in [2.05, 4.69) is 28.6 Å². The van der Waals surface area contributed by atoms with Crippen LogP contribution >= 0.6 is 15.9 Å². The van der Waals surface area contributed by atoms with Gasteiger partial charge in [0.15, 0.2) is 0 Å². The summed E-state index contributed by atoms with van der Waals surface area (Å²) in [5, 5.41) is 1.20. The van der Waals surface area contributed by atoms with E-state index in [0.29, 0.717) is 34.3 Å². The van der Waals surface area contributed by atoms with Crippen molar-refractivity contribution in [2.75, 3.05) is 0 Å². The molecule has 1 heterocycles. The zero-order chi connectivity index (χ0) is 14.4. The molecule has 1 aliphatic rings. The molecular weight excluding hydrogens is 323 g/mol. The van der Waals surface area contributed by atoms with Crippen LogP contribution in [0.1, 0.15) is 13.3 Å². The zero-order valence-electron chi connectivity index (χ0n) is 11.3. The number of fused-ring (bicyclic) bond motifs is 1. The predicted molar refractivity (Wildman–Crippen MR) is 79.8 cm³/mol. The summed E-state index contributed by atoms with van der Waals surface area (Å²) in [6, 6.07) is 5.25. The highest BCUT2D eigenvalue weighted by molar-refractivity contribution is 9.10. The minimum atomic E-state index is -0.400. The third kappa shape index (κ3) is 2.40. The Morgan fingerprint density at radius 1 is 1.55 bits per heavy atom. The Balaban J connectivity index is 1.96. The second kappa shape index (κ2) is 4.97. The van der Waals surface area contributed by atoms with Crippen LogP contribution in [0.4, 0.5) is 4.39 Å². The number of hydrogen-bond acceptors (Lipinski definition) is 1. The molecule has 0 amide bonds. The van der Waals surface area contributed by atoms with Gasteiger partial charge < -0.3 is 10.3 Å². The summed E-state index contributed by atoms with van der Waals surface area (Å²) in [6.45, 7) is 2.82. The van der Waals surface area contributed by atoms with E-state index >= 15 is 0 Å². The van der Waals surface area contributed by atoms with Gasteiger partial charge in [-0.1, -0.05) is 0 Å². The standard InChI is InChI=1S/C15H16BrFN2O/c1-8(18)11-4-10(11)7-19-3-2-9-5-13(16)14(17)6-12(9)15(19)20/h2-3,5-6,8,10-11H,4,7,18H2,1H3/p+1/t8-,10-,11-/m0/s1. The fourth-order valence-corrected chi connectivity index (χ4v) is 3.21. The maximum absolute atomic E-state index is 13.6. The van der Waals surface area contributed by atoms with Gasteiger partial charge >= 0.3 is 0 Å². The summed E-state index contributed by atoms with van der Waals surface area (Å²) in [5.41, 5.74) is 3.93. The van der Waals surface area contributed by atoms with Gasteiger partial charge in [0, 0.05) is 18.7 Å². The highest BCUT2D eigenvalue weighted by Gasteiger charge is 2.41. The first-order valence-corrected chi connectivity index (χ1v) is 7.58. The van der Waals surface area contributed by atoms with Crippen molar-refractivity contribution in [1.29, 1.82) is 0 Å². The molecule has 5 heteroatoms. The summed E-state index contributed by atoms with van der Waals surface area (Å²) >= 11 is 3.14. The molecule has 1 aliphatic carbocycles. The Hall–Kier alpha value is -1.20. The van der Waals surface area contributed by atoms with E-state index in [1.807, 2.05) is 6.07 Å². The van der Waals surface area contributed by atoms with Crippen LogP contribution < -0.4 is 11.3 Å². The van der Waals surface area contributed by atoms with Gasteiger partial charge in [0.2, 0.25) is 0 Å². The first-order chi connectivity index (χ1) is 9.47. The van der Waals surface area contributed by atoms with E-state index in [1.165, 1.54) is 6.07 Å². The average molecular weight is 340 g/mol. The molecule has 3 N–H and O–H groups in total. The summed E-state index contributed by atoms with van der Waals surface area (Å²) in [5.74, 6) is 0.736. The average Bonchev–Trinajstić information content (AvgIpc) is 3.15. The Morgan fingerprint density at radius 2 is 2.30 bits per heavy atom. The molecule has 3 atom stereocenters. The molecule has 0 saturated heterocycles. The lowest BCUT2D eigenvalue weighted by atomic mass is 10.1. The van der Waals surface area contributed by atoms with Crippen LogP contribution in [0.2, 0.25) is 0 Å².